The van der Waals surface area contributed by atoms with Gasteiger partial charge in [0.1, 0.15) is 3.72 Å². The maximum Gasteiger partial charge on any atom is 0.112 e. The number of hydrogen-bond donors (Lipinski definition) is 0. The predicted molar refractivity (Wildman–Crippen MR) is 98.7 cm³/mol. The van der Waals surface area contributed by atoms with Crippen molar-refractivity contribution in [3.63, 3.8) is 0 Å². The van der Waals surface area contributed by atoms with Crippen LogP contribution in [0.4, 0.5) is 17.1 Å². The monoisotopic (exact) mass is 384 g/mol. The number of halogens is 1. The van der Waals surface area contributed by atoms with E-state index in [1.807, 2.05) is 6.07 Å². The van der Waals surface area contributed by atoms with E-state index in [-0.39, 0.29) is 0 Å². The molecule has 102 valence electrons. The van der Waals surface area contributed by atoms with Crippen LogP contribution in [0.25, 0.3) is 10.8 Å². The minimum atomic E-state index is 1.02. The molecule has 1 aliphatic rings. The molecule has 0 saturated carbocycles. The summed E-state index contributed by atoms with van der Waals surface area (Å²) >= 11 is 2.35. The molecule has 1 aliphatic heterocycles. The standard InChI is InChI=1S/C18H13IN2/c1-21-15-9-5-4-8-14(15)20-18(19)17-13-7-3-2-6-12(13)10-11-16(17)21/h2-11H,1H3. The van der Waals surface area contributed by atoms with Crippen molar-refractivity contribution in [2.24, 2.45) is 4.99 Å². The maximum absolute atomic E-state index is 4.84. The molecular formula is C18H13IN2. The quantitative estimate of drug-likeness (QED) is 0.472. The van der Waals surface area contributed by atoms with Gasteiger partial charge >= 0.3 is 0 Å². The molecule has 3 aromatic carbocycles. The topological polar surface area (TPSA) is 15.6 Å². The van der Waals surface area contributed by atoms with Crippen LogP contribution in [0.15, 0.2) is 65.7 Å². The van der Waals surface area contributed by atoms with Gasteiger partial charge in [-0.1, -0.05) is 42.5 Å². The Morgan fingerprint density at radius 1 is 0.857 bits per heavy atom. The Balaban J connectivity index is 2.12. The van der Waals surface area contributed by atoms with Crippen LogP contribution < -0.4 is 4.90 Å². The fourth-order valence-corrected chi connectivity index (χ4v) is 3.72. The van der Waals surface area contributed by atoms with Crippen LogP contribution in [0.1, 0.15) is 5.56 Å². The van der Waals surface area contributed by atoms with Gasteiger partial charge in [0.2, 0.25) is 0 Å². The van der Waals surface area contributed by atoms with E-state index in [1.165, 1.54) is 22.0 Å². The van der Waals surface area contributed by atoms with E-state index in [0.29, 0.717) is 0 Å². The molecule has 3 aromatic rings. The molecule has 0 atom stereocenters. The van der Waals surface area contributed by atoms with Gasteiger partial charge in [0.25, 0.3) is 0 Å². The van der Waals surface area contributed by atoms with E-state index >= 15 is 0 Å². The predicted octanol–water partition coefficient (Wildman–Crippen LogP) is 5.43. The number of anilines is 2. The zero-order valence-corrected chi connectivity index (χ0v) is 13.7. The van der Waals surface area contributed by atoms with E-state index in [0.717, 1.165) is 15.1 Å². The van der Waals surface area contributed by atoms with Crippen molar-refractivity contribution in [3.8, 4) is 0 Å². The SMILES string of the molecule is CN1c2ccccc2N=C(I)c2c1ccc1ccccc21. The Hall–Kier alpha value is -1.88. The van der Waals surface area contributed by atoms with Gasteiger partial charge in [-0.25, -0.2) is 4.99 Å². The van der Waals surface area contributed by atoms with Crippen molar-refractivity contribution in [3.05, 3.63) is 66.2 Å². The second kappa shape index (κ2) is 4.84. The zero-order valence-electron chi connectivity index (χ0n) is 11.5. The molecule has 4 rings (SSSR count). The first kappa shape index (κ1) is 12.8. The zero-order chi connectivity index (χ0) is 14.4. The Labute approximate surface area is 137 Å². The molecular weight excluding hydrogens is 371 g/mol. The summed E-state index contributed by atoms with van der Waals surface area (Å²) in [6, 6.07) is 21.1. The lowest BCUT2D eigenvalue weighted by molar-refractivity contribution is 1.21. The average Bonchev–Trinajstić information content (AvgIpc) is 2.63. The largest absolute Gasteiger partial charge is 0.342 e. The summed E-state index contributed by atoms with van der Waals surface area (Å²) < 4.78 is 1.04. The Kier molecular flexibility index (Phi) is 2.96. The highest BCUT2D eigenvalue weighted by atomic mass is 127. The van der Waals surface area contributed by atoms with Gasteiger partial charge in [-0.2, -0.15) is 0 Å². The van der Waals surface area contributed by atoms with Gasteiger partial charge in [0.15, 0.2) is 0 Å². The minimum Gasteiger partial charge on any atom is -0.342 e. The first-order valence-corrected chi connectivity index (χ1v) is 7.92. The van der Waals surface area contributed by atoms with Crippen LogP contribution in [-0.4, -0.2) is 10.8 Å². The number of para-hydroxylation sites is 2. The Bertz CT molecular complexity index is 883. The fraction of sp³-hybridized carbons (Fsp3) is 0.0556. The number of fused-ring (bicyclic) bond motifs is 4. The highest BCUT2D eigenvalue weighted by Crippen LogP contribution is 2.41. The van der Waals surface area contributed by atoms with Crippen molar-refractivity contribution in [2.45, 2.75) is 0 Å². The highest BCUT2D eigenvalue weighted by molar-refractivity contribution is 14.1. The lowest BCUT2D eigenvalue weighted by Crippen LogP contribution is -2.11. The molecule has 0 unspecified atom stereocenters. The van der Waals surface area contributed by atoms with Crippen LogP contribution in [0, 0.1) is 0 Å². The molecule has 0 aliphatic carbocycles. The molecule has 0 spiro atoms. The fourth-order valence-electron chi connectivity index (χ4n) is 2.89. The molecule has 0 radical (unpaired) electrons. The molecule has 2 nitrogen and oxygen atoms in total. The number of aliphatic imine (C=N–C) groups is 1. The molecule has 0 saturated heterocycles. The van der Waals surface area contributed by atoms with Crippen molar-refractivity contribution < 1.29 is 0 Å². The normalized spacial score (nSPS) is 13.4. The maximum atomic E-state index is 4.84. The summed E-state index contributed by atoms with van der Waals surface area (Å²) in [5.41, 5.74) is 4.57. The van der Waals surface area contributed by atoms with Crippen LogP contribution in [0.3, 0.4) is 0 Å². The summed E-state index contributed by atoms with van der Waals surface area (Å²) in [7, 11) is 2.11. The van der Waals surface area contributed by atoms with Gasteiger partial charge in [0, 0.05) is 12.6 Å². The van der Waals surface area contributed by atoms with Crippen LogP contribution in [0.2, 0.25) is 0 Å². The van der Waals surface area contributed by atoms with Crippen LogP contribution in [-0.2, 0) is 0 Å². The summed E-state index contributed by atoms with van der Waals surface area (Å²) in [4.78, 5) is 7.07. The number of rotatable bonds is 0. The van der Waals surface area contributed by atoms with Gasteiger partial charge in [-0.05, 0) is 51.6 Å². The van der Waals surface area contributed by atoms with Crippen LogP contribution >= 0.6 is 22.6 Å². The molecule has 21 heavy (non-hydrogen) atoms. The molecule has 0 aromatic heterocycles. The van der Waals surface area contributed by atoms with Crippen molar-refractivity contribution in [1.29, 1.82) is 0 Å². The van der Waals surface area contributed by atoms with Crippen molar-refractivity contribution in [1.82, 2.24) is 0 Å². The molecule has 0 amide bonds. The molecule has 1 heterocycles. The molecule has 0 fully saturated rings. The number of benzene rings is 3. The van der Waals surface area contributed by atoms with Gasteiger partial charge in [-0.3, -0.25) is 0 Å². The molecule has 0 bridgehead atoms. The third-order valence-corrected chi connectivity index (χ3v) is 4.72. The first-order chi connectivity index (χ1) is 10.3. The first-order valence-electron chi connectivity index (χ1n) is 6.85. The van der Waals surface area contributed by atoms with Gasteiger partial charge in [0.05, 0.1) is 17.1 Å². The molecule has 3 heteroatoms. The van der Waals surface area contributed by atoms with E-state index in [1.54, 1.807) is 0 Å². The summed E-state index contributed by atoms with van der Waals surface area (Å²) in [5.74, 6) is 0. The number of hydrogen-bond acceptors (Lipinski definition) is 2. The Morgan fingerprint density at radius 2 is 1.62 bits per heavy atom. The summed E-state index contributed by atoms with van der Waals surface area (Å²) in [5, 5.41) is 2.50. The number of nitrogens with zero attached hydrogens (tertiary/aromatic N) is 2. The van der Waals surface area contributed by atoms with Gasteiger partial charge in [-0.15, -0.1) is 0 Å². The average molecular weight is 384 g/mol. The van der Waals surface area contributed by atoms with Crippen molar-refractivity contribution in [2.75, 3.05) is 11.9 Å². The lowest BCUT2D eigenvalue weighted by Gasteiger charge is -2.22. The van der Waals surface area contributed by atoms with E-state index in [9.17, 15) is 0 Å². The summed E-state index contributed by atoms with van der Waals surface area (Å²) in [6.45, 7) is 0. The van der Waals surface area contributed by atoms with Crippen LogP contribution in [0.5, 0.6) is 0 Å². The van der Waals surface area contributed by atoms with Gasteiger partial charge < -0.3 is 4.90 Å². The van der Waals surface area contributed by atoms with E-state index < -0.39 is 0 Å². The van der Waals surface area contributed by atoms with Crippen molar-refractivity contribution >= 4 is 54.1 Å². The Morgan fingerprint density at radius 3 is 2.52 bits per heavy atom. The lowest BCUT2D eigenvalue weighted by atomic mass is 10.0. The highest BCUT2D eigenvalue weighted by Gasteiger charge is 2.20. The van der Waals surface area contributed by atoms with E-state index in [2.05, 4.69) is 89.1 Å². The second-order valence-corrected chi connectivity index (χ2v) is 6.15. The van der Waals surface area contributed by atoms with E-state index in [4.69, 9.17) is 4.99 Å². The minimum absolute atomic E-state index is 1.02. The third kappa shape index (κ3) is 1.95. The second-order valence-electron chi connectivity index (χ2n) is 5.13. The molecule has 0 N–H and O–H groups in total. The smallest absolute Gasteiger partial charge is 0.112 e. The summed E-state index contributed by atoms with van der Waals surface area (Å²) in [6.07, 6.45) is 0. The third-order valence-electron chi connectivity index (χ3n) is 3.94.